The highest BCUT2D eigenvalue weighted by molar-refractivity contribution is 5.98. The summed E-state index contributed by atoms with van der Waals surface area (Å²) in [6.07, 6.45) is -0.656. The topological polar surface area (TPSA) is 211 Å². The summed E-state index contributed by atoms with van der Waals surface area (Å²) in [4.78, 5) is 35.3. The predicted octanol–water partition coefficient (Wildman–Crippen LogP) is 4.48. The molecule has 1 fully saturated rings. The van der Waals surface area contributed by atoms with Gasteiger partial charge in [-0.3, -0.25) is 19.7 Å². The normalized spacial score (nSPS) is 27.5. The first-order valence-corrected chi connectivity index (χ1v) is 16.5. The summed E-state index contributed by atoms with van der Waals surface area (Å²) < 4.78 is 15.1. The minimum Gasteiger partial charge on any atom is -0.462 e. The number of Topliss-reactive ketones (excluding diaryl/α,β-unsaturated/α-hetero) is 1. The molecule has 8 atom stereocenters. The molecule has 14 nitrogen and oxygen atoms in total. The number of methoxy groups -OCH3 is 2. The van der Waals surface area contributed by atoms with Crippen LogP contribution in [-0.2, 0) is 23.8 Å². The predicted molar refractivity (Wildman–Crippen MR) is 185 cm³/mol. The zero-order chi connectivity index (χ0) is 37.6. The van der Waals surface area contributed by atoms with Gasteiger partial charge in [0.25, 0.3) is 5.69 Å². The number of benzene rings is 1. The van der Waals surface area contributed by atoms with Gasteiger partial charge < -0.3 is 34.6 Å². The van der Waals surface area contributed by atoms with Crippen molar-refractivity contribution in [1.29, 1.82) is 0 Å². The lowest BCUT2D eigenvalue weighted by Gasteiger charge is -2.35. The van der Waals surface area contributed by atoms with Crippen LogP contribution < -0.4 is 0 Å². The van der Waals surface area contributed by atoms with Crippen LogP contribution in [0.25, 0.3) is 0 Å². The minimum absolute atomic E-state index is 0.0841. The third-order valence-corrected chi connectivity index (χ3v) is 7.54. The van der Waals surface area contributed by atoms with E-state index in [-0.39, 0.29) is 29.9 Å². The Labute approximate surface area is 285 Å². The minimum atomic E-state index is -1.83. The maximum absolute atomic E-state index is 12.5. The number of nitrogens with zero attached hydrogens (tertiary/aromatic N) is 3. The van der Waals surface area contributed by atoms with Gasteiger partial charge in [-0.2, -0.15) is 10.2 Å². The number of nitro benzene ring substituents is 1. The average molecular weight is 686 g/mol. The summed E-state index contributed by atoms with van der Waals surface area (Å²) in [7, 11) is 2.88. The number of carbonyl (C=O) groups excluding carboxylic acids is 2. The maximum atomic E-state index is 12.5. The molecular weight excluding hydrogens is 626 g/mol. The third-order valence-electron chi connectivity index (χ3n) is 7.54. The Morgan fingerprint density at radius 1 is 1.15 bits per heavy atom. The fourth-order valence-electron chi connectivity index (χ4n) is 4.50. The molecule has 1 aliphatic rings. The van der Waals surface area contributed by atoms with Crippen molar-refractivity contribution in [3.05, 3.63) is 39.9 Å². The van der Waals surface area contributed by atoms with Crippen molar-refractivity contribution in [2.75, 3.05) is 20.8 Å². The first kappa shape index (κ1) is 47.0. The Morgan fingerprint density at radius 3 is 2.25 bits per heavy atom. The van der Waals surface area contributed by atoms with E-state index in [4.69, 9.17) is 19.7 Å². The Balaban J connectivity index is 0. The lowest BCUT2D eigenvalue weighted by molar-refractivity contribution is -0.384. The summed E-state index contributed by atoms with van der Waals surface area (Å²) in [5, 5.41) is 58.7. The van der Waals surface area contributed by atoms with Gasteiger partial charge in [0.1, 0.15) is 30.0 Å². The summed E-state index contributed by atoms with van der Waals surface area (Å²) >= 11 is 0. The van der Waals surface area contributed by atoms with Crippen LogP contribution in [0.2, 0.25) is 0 Å². The van der Waals surface area contributed by atoms with Gasteiger partial charge in [-0.05, 0) is 39.0 Å². The lowest BCUT2D eigenvalue weighted by atomic mass is 9.80. The highest BCUT2D eigenvalue weighted by Crippen LogP contribution is 2.27. The largest absolute Gasteiger partial charge is 0.462 e. The Hall–Kier alpha value is -3.14. The summed E-state index contributed by atoms with van der Waals surface area (Å²) in [5.41, 5.74) is -0.988. The monoisotopic (exact) mass is 685 g/mol. The second-order valence-electron chi connectivity index (χ2n) is 11.1. The first-order chi connectivity index (χ1) is 22.6. The van der Waals surface area contributed by atoms with E-state index in [0.717, 1.165) is 0 Å². The molecule has 14 heteroatoms. The maximum Gasteiger partial charge on any atom is 0.316 e. The molecule has 276 valence electrons. The summed E-state index contributed by atoms with van der Waals surface area (Å²) in [6, 6.07) is 5.90. The molecule has 0 spiro atoms. The molecule has 0 aliphatic carbocycles. The Morgan fingerprint density at radius 2 is 1.75 bits per heavy atom. The van der Waals surface area contributed by atoms with E-state index in [2.05, 4.69) is 14.9 Å². The van der Waals surface area contributed by atoms with Crippen molar-refractivity contribution < 1.29 is 49.1 Å². The lowest BCUT2D eigenvalue weighted by Crippen LogP contribution is -2.50. The van der Waals surface area contributed by atoms with Crippen LogP contribution >= 0.6 is 0 Å². The van der Waals surface area contributed by atoms with E-state index >= 15 is 0 Å². The molecular formula is C34H59N3O11. The van der Waals surface area contributed by atoms with Crippen molar-refractivity contribution in [3.8, 4) is 0 Å². The van der Waals surface area contributed by atoms with Crippen LogP contribution in [-0.4, -0.2) is 100 Å². The van der Waals surface area contributed by atoms with Gasteiger partial charge in [0.15, 0.2) is 6.29 Å². The first-order valence-electron chi connectivity index (χ1n) is 16.5. The van der Waals surface area contributed by atoms with Crippen molar-refractivity contribution >= 4 is 29.4 Å². The standard InChI is InChI=1S/C25H35N3O8.C5H12O3.2C2H6/c1-15-11-20(35-5)9-10-21(29)16(2)24(31)36-14-25(4,32)23(30)17(3)22(15)27-26-13-18-7-6-8-19(12-18)28(33)34;1-3-4(6)5(7)8-2;2*1-2/h6-8,12-13,15-17,20,23,30,32H,9-11,14H2,1-5H3;4-7H,3H2,1-2H3;2*1-2H3/b26-13+,27-22+;;;/t15-,16?,17?,20?,23?,25?;;;/m1.../s1. The quantitative estimate of drug-likeness (QED) is 0.0785. The second-order valence-corrected chi connectivity index (χ2v) is 11.1. The van der Waals surface area contributed by atoms with E-state index in [1.807, 2.05) is 34.6 Å². The number of rotatable bonds is 7. The fraction of sp³-hybridized carbons (Fsp3) is 0.706. The van der Waals surface area contributed by atoms with Gasteiger partial charge in [-0.15, -0.1) is 0 Å². The number of carbonyl (C=O) groups is 2. The molecule has 0 bridgehead atoms. The number of non-ortho nitro benzene ring substituents is 1. The fourth-order valence-corrected chi connectivity index (χ4v) is 4.50. The molecule has 1 aromatic carbocycles. The number of nitro groups is 1. The van der Waals surface area contributed by atoms with Gasteiger partial charge in [0.05, 0.1) is 23.3 Å². The number of aliphatic hydroxyl groups is 4. The second kappa shape index (κ2) is 24.9. The van der Waals surface area contributed by atoms with E-state index in [9.17, 15) is 29.9 Å². The molecule has 7 unspecified atom stereocenters. The van der Waals surface area contributed by atoms with Crippen LogP contribution in [0.3, 0.4) is 0 Å². The van der Waals surface area contributed by atoms with Crippen LogP contribution in [0.15, 0.2) is 34.5 Å². The van der Waals surface area contributed by atoms with Gasteiger partial charge in [-0.25, -0.2) is 0 Å². The van der Waals surface area contributed by atoms with Gasteiger partial charge in [0.2, 0.25) is 0 Å². The van der Waals surface area contributed by atoms with Crippen LogP contribution in [0.4, 0.5) is 5.69 Å². The molecule has 4 N–H and O–H groups in total. The Bertz CT molecular complexity index is 1140. The average Bonchev–Trinajstić information content (AvgIpc) is 3.10. The Kier molecular flexibility index (Phi) is 24.4. The van der Waals surface area contributed by atoms with E-state index in [1.165, 1.54) is 52.5 Å². The number of ether oxygens (including phenoxy) is 3. The molecule has 48 heavy (non-hydrogen) atoms. The number of hydrogen-bond acceptors (Lipinski definition) is 13. The van der Waals surface area contributed by atoms with Crippen LogP contribution in [0.5, 0.6) is 0 Å². The molecule has 1 aromatic rings. The van der Waals surface area contributed by atoms with Crippen molar-refractivity contribution in [1.82, 2.24) is 0 Å². The van der Waals surface area contributed by atoms with E-state index in [1.54, 1.807) is 19.9 Å². The molecule has 1 aliphatic heterocycles. The highest BCUT2D eigenvalue weighted by atomic mass is 16.6. The number of cyclic esters (lactones) is 1. The number of ketones is 1. The van der Waals surface area contributed by atoms with Crippen LogP contribution in [0, 0.1) is 27.9 Å². The summed E-state index contributed by atoms with van der Waals surface area (Å²) in [6.45, 7) is 15.6. The number of esters is 1. The molecule has 0 radical (unpaired) electrons. The molecule has 1 heterocycles. The van der Waals surface area contributed by atoms with Crippen molar-refractivity contribution in [2.24, 2.45) is 28.0 Å². The zero-order valence-electron chi connectivity index (χ0n) is 30.5. The molecule has 0 aromatic heterocycles. The van der Waals surface area contributed by atoms with Gasteiger partial charge >= 0.3 is 5.97 Å². The smallest absolute Gasteiger partial charge is 0.316 e. The van der Waals surface area contributed by atoms with Crippen molar-refractivity contribution in [2.45, 2.75) is 118 Å². The molecule has 0 amide bonds. The van der Waals surface area contributed by atoms with Gasteiger partial charge in [0, 0.05) is 50.0 Å². The summed E-state index contributed by atoms with van der Waals surface area (Å²) in [5.74, 6) is -3.02. The van der Waals surface area contributed by atoms with Gasteiger partial charge in [-0.1, -0.05) is 60.6 Å². The number of aliphatic hydroxyl groups excluding tert-OH is 3. The van der Waals surface area contributed by atoms with Crippen molar-refractivity contribution in [3.63, 3.8) is 0 Å². The van der Waals surface area contributed by atoms with E-state index in [0.29, 0.717) is 30.5 Å². The molecule has 0 saturated carbocycles. The molecule has 1 saturated heterocycles. The SMILES string of the molecule is CC.CC.CCC(O)C(O)OC.COC1CCC(=O)C(C)C(=O)OCC(C)(O)C(O)C(C)/C(=N/N=C/c2cccc([N+](=O)[O-])c2)[C@H](C)C1. The van der Waals surface area contributed by atoms with Crippen LogP contribution in [0.1, 0.15) is 93.6 Å². The highest BCUT2D eigenvalue weighted by Gasteiger charge is 2.40. The van der Waals surface area contributed by atoms with E-state index < -0.39 is 53.4 Å². The number of hydrogen-bond donors (Lipinski definition) is 4. The zero-order valence-corrected chi connectivity index (χ0v) is 30.5. The molecule has 2 rings (SSSR count). The third kappa shape index (κ3) is 16.3.